The van der Waals surface area contributed by atoms with E-state index in [4.69, 9.17) is 4.74 Å². The Morgan fingerprint density at radius 2 is 0.843 bits per heavy atom. The summed E-state index contributed by atoms with van der Waals surface area (Å²) in [5.41, 5.74) is 10.4. The van der Waals surface area contributed by atoms with Crippen molar-refractivity contribution in [2.75, 3.05) is 0 Å². The molecule has 4 aliphatic rings. The Labute approximate surface area is 295 Å². The molecule has 0 N–H and O–H groups in total. The van der Waals surface area contributed by atoms with Crippen molar-refractivity contribution in [2.45, 2.75) is 11.2 Å². The first-order valence-corrected chi connectivity index (χ1v) is 17.8. The van der Waals surface area contributed by atoms with Crippen molar-refractivity contribution in [3.63, 3.8) is 0 Å². The van der Waals surface area contributed by atoms with Crippen LogP contribution in [0.25, 0.3) is 56.0 Å². The molecule has 2 unspecified atom stereocenters. The highest BCUT2D eigenvalue weighted by Crippen LogP contribution is 2.58. The largest absolute Gasteiger partial charge is 0.341 e. The molecule has 0 heterocycles. The molecule has 12 rings (SSSR count). The first kappa shape index (κ1) is 27.5. The molecule has 8 aromatic carbocycles. The molecule has 1 heteroatoms. The smallest absolute Gasteiger partial charge is 0.140 e. The Morgan fingerprint density at radius 1 is 0.353 bits per heavy atom. The van der Waals surface area contributed by atoms with Crippen molar-refractivity contribution in [1.82, 2.24) is 0 Å². The third-order valence-electron chi connectivity index (χ3n) is 11.9. The minimum absolute atomic E-state index is 0.933. The van der Waals surface area contributed by atoms with E-state index in [2.05, 4.69) is 182 Å². The highest BCUT2D eigenvalue weighted by molar-refractivity contribution is 6.06. The van der Waals surface area contributed by atoms with Crippen LogP contribution in [0.5, 0.6) is 0 Å². The lowest BCUT2D eigenvalue weighted by molar-refractivity contribution is -0.0705. The highest BCUT2D eigenvalue weighted by atomic mass is 16.5. The number of benzene rings is 8. The fraction of sp³-hybridized carbons (Fsp3) is 0.0400. The quantitative estimate of drug-likeness (QED) is 0.185. The maximum atomic E-state index is 8.37. The summed E-state index contributed by atoms with van der Waals surface area (Å²) >= 11 is 0. The van der Waals surface area contributed by atoms with Gasteiger partial charge in [-0.05, 0) is 88.0 Å². The van der Waals surface area contributed by atoms with Gasteiger partial charge in [-0.1, -0.05) is 170 Å². The number of hydrogen-bond acceptors (Lipinski definition) is 1. The van der Waals surface area contributed by atoms with Gasteiger partial charge in [-0.25, -0.2) is 0 Å². The molecule has 1 nitrogen and oxygen atoms in total. The lowest BCUT2D eigenvalue weighted by Gasteiger charge is -2.47. The van der Waals surface area contributed by atoms with Gasteiger partial charge in [0.05, 0.1) is 0 Å². The van der Waals surface area contributed by atoms with Gasteiger partial charge in [-0.2, -0.15) is 0 Å². The molecule has 236 valence electrons. The highest BCUT2D eigenvalue weighted by Gasteiger charge is 2.50. The fourth-order valence-corrected chi connectivity index (χ4v) is 9.74. The topological polar surface area (TPSA) is 9.23 Å². The number of rotatable bonds is 4. The van der Waals surface area contributed by atoms with Gasteiger partial charge in [0.15, 0.2) is 0 Å². The van der Waals surface area contributed by atoms with E-state index in [9.17, 15) is 0 Å². The van der Waals surface area contributed by atoms with Gasteiger partial charge in [0, 0.05) is 22.3 Å². The number of hydrogen-bond donors (Lipinski definition) is 0. The van der Waals surface area contributed by atoms with Crippen molar-refractivity contribution in [1.29, 1.82) is 0 Å². The monoisotopic (exact) mass is 646 g/mol. The van der Waals surface area contributed by atoms with E-state index < -0.39 is 11.2 Å². The number of fused-ring (bicyclic) bond motifs is 6. The van der Waals surface area contributed by atoms with Crippen LogP contribution in [0, 0.1) is 20.9 Å². The molecule has 0 amide bonds. The van der Waals surface area contributed by atoms with Crippen LogP contribution in [0.3, 0.4) is 0 Å². The Bertz CT molecular complexity index is 3120. The third-order valence-corrected chi connectivity index (χ3v) is 11.9. The molecule has 0 saturated heterocycles. The van der Waals surface area contributed by atoms with Crippen LogP contribution in [-0.4, -0.2) is 0 Å². The van der Waals surface area contributed by atoms with Gasteiger partial charge in [0.2, 0.25) is 0 Å². The standard InChI is InChI=1S/C50H30O/c1-3-19-37-35(17-1)39-21-9-25-43(47(37)39)49(29-27-33-13-5-11-31-15-7-23-41(49)45(31)33)51-50(30-28-34-14-6-12-32-16-8-24-42(50)46(32)34)44-26-10-22-40-36-18-2-4-20-38(36)48(40)44/h1-30H. The molecule has 8 aromatic rings. The van der Waals surface area contributed by atoms with Crippen LogP contribution < -0.4 is 0 Å². The molecule has 51 heavy (non-hydrogen) atoms. The van der Waals surface area contributed by atoms with Gasteiger partial charge in [-0.15, -0.1) is 0 Å². The van der Waals surface area contributed by atoms with Crippen molar-refractivity contribution in [3.05, 3.63) is 224 Å². The lowest BCUT2D eigenvalue weighted by atomic mass is 9.69. The lowest BCUT2D eigenvalue weighted by Crippen LogP contribution is -2.43. The van der Waals surface area contributed by atoms with E-state index in [1.54, 1.807) is 0 Å². The Balaban J connectivity index is 1.24. The Kier molecular flexibility index (Phi) is 5.23. The van der Waals surface area contributed by atoms with Crippen molar-refractivity contribution in [3.8, 4) is 22.3 Å². The van der Waals surface area contributed by atoms with Crippen LogP contribution in [0.15, 0.2) is 170 Å². The third kappa shape index (κ3) is 3.39. The normalized spacial score (nSPS) is 19.5. The molecule has 0 fully saturated rings. The average molecular weight is 647 g/mol. The zero-order valence-corrected chi connectivity index (χ0v) is 27.7. The molecular weight excluding hydrogens is 617 g/mol. The van der Waals surface area contributed by atoms with Crippen LogP contribution in [0.2, 0.25) is 0 Å². The van der Waals surface area contributed by atoms with Crippen LogP contribution >= 0.6 is 0 Å². The van der Waals surface area contributed by atoms with E-state index in [0.717, 1.165) is 0 Å². The van der Waals surface area contributed by atoms with E-state index in [-0.39, 0.29) is 0 Å². The summed E-state index contributed by atoms with van der Waals surface area (Å²) in [6, 6.07) is 57.9. The van der Waals surface area contributed by atoms with E-state index in [1.165, 1.54) is 98.1 Å². The second kappa shape index (κ2) is 9.69. The van der Waals surface area contributed by atoms with Crippen LogP contribution in [0.4, 0.5) is 0 Å². The first-order chi connectivity index (χ1) is 25.3. The molecule has 0 bridgehead atoms. The van der Waals surface area contributed by atoms with Gasteiger partial charge in [-0.3, -0.25) is 0 Å². The van der Waals surface area contributed by atoms with Gasteiger partial charge >= 0.3 is 0 Å². The molecule has 0 aliphatic heterocycles. The van der Waals surface area contributed by atoms with E-state index >= 15 is 0 Å². The van der Waals surface area contributed by atoms with E-state index in [1.807, 2.05) is 0 Å². The summed E-state index contributed by atoms with van der Waals surface area (Å²) in [6.07, 6.45) is 9.29. The predicted molar refractivity (Wildman–Crippen MR) is 208 cm³/mol. The Morgan fingerprint density at radius 3 is 1.55 bits per heavy atom. The zero-order chi connectivity index (χ0) is 33.3. The predicted octanol–water partition coefficient (Wildman–Crippen LogP) is 11.8. The maximum absolute atomic E-state index is 8.37. The van der Waals surface area contributed by atoms with Gasteiger partial charge in [0.1, 0.15) is 11.2 Å². The Hall–Kier alpha value is -6.28. The summed E-state index contributed by atoms with van der Waals surface area (Å²) in [5.74, 6) is 0. The summed E-state index contributed by atoms with van der Waals surface area (Å²) in [4.78, 5) is 0. The second-order valence-electron chi connectivity index (χ2n) is 14.3. The summed E-state index contributed by atoms with van der Waals surface area (Å²) in [6.45, 7) is 0. The minimum Gasteiger partial charge on any atom is -0.341 e. The molecule has 0 spiro atoms. The zero-order valence-electron chi connectivity index (χ0n) is 27.7. The molecule has 4 aliphatic carbocycles. The van der Waals surface area contributed by atoms with Crippen molar-refractivity contribution < 1.29 is 4.74 Å². The van der Waals surface area contributed by atoms with Crippen molar-refractivity contribution >= 4 is 33.7 Å². The van der Waals surface area contributed by atoms with Gasteiger partial charge < -0.3 is 4.74 Å². The van der Waals surface area contributed by atoms with Gasteiger partial charge in [0.25, 0.3) is 0 Å². The van der Waals surface area contributed by atoms with Crippen LogP contribution in [0.1, 0.15) is 33.4 Å². The SMILES string of the molecule is C1=CC(OC2(c3cccc4c3=c3ccccc3=4)C=Cc3cccc4cccc2c34)(c2cccc3c2-c2ccccc2-3)c2cccc3cccc1c23. The maximum Gasteiger partial charge on any atom is 0.140 e. The molecular formula is C50H30O. The summed E-state index contributed by atoms with van der Waals surface area (Å²) in [7, 11) is 0. The van der Waals surface area contributed by atoms with Crippen LogP contribution in [-0.2, 0) is 15.9 Å². The summed E-state index contributed by atoms with van der Waals surface area (Å²) in [5, 5.41) is 10.1. The second-order valence-corrected chi connectivity index (χ2v) is 14.3. The fourth-order valence-electron chi connectivity index (χ4n) is 9.74. The average Bonchev–Trinajstić information content (AvgIpc) is 3.18. The molecule has 0 radical (unpaired) electrons. The van der Waals surface area contributed by atoms with Crippen molar-refractivity contribution in [2.24, 2.45) is 0 Å². The molecule has 0 aromatic heterocycles. The first-order valence-electron chi connectivity index (χ1n) is 17.8. The minimum atomic E-state index is -0.933. The number of ether oxygens (including phenoxy) is 1. The van der Waals surface area contributed by atoms with E-state index in [0.29, 0.717) is 0 Å². The molecule has 2 atom stereocenters. The molecule has 0 saturated carbocycles. The summed E-state index contributed by atoms with van der Waals surface area (Å²) < 4.78 is 8.37.